The molecule has 122 valence electrons. The number of hydrogen-bond acceptors (Lipinski definition) is 3. The minimum Gasteiger partial charge on any atom is -0.322 e. The number of carbonyl (C=O) groups is 1. The molecule has 0 fully saturated rings. The first-order valence-corrected chi connectivity index (χ1v) is 8.77. The Morgan fingerprint density at radius 2 is 1.70 bits per heavy atom. The molecule has 0 atom stereocenters. The van der Waals surface area contributed by atoms with Gasteiger partial charge in [0.2, 0.25) is 10.0 Å². The van der Waals surface area contributed by atoms with E-state index in [2.05, 4.69) is 10.0 Å². The Kier molecular flexibility index (Phi) is 5.18. The van der Waals surface area contributed by atoms with E-state index in [0.717, 1.165) is 0 Å². The van der Waals surface area contributed by atoms with Crippen molar-refractivity contribution in [1.29, 1.82) is 0 Å². The summed E-state index contributed by atoms with van der Waals surface area (Å²) in [4.78, 5) is 12.3. The van der Waals surface area contributed by atoms with Crippen LogP contribution in [0.1, 0.15) is 29.8 Å². The predicted molar refractivity (Wildman–Crippen MR) is 91.0 cm³/mol. The van der Waals surface area contributed by atoms with Gasteiger partial charge < -0.3 is 5.32 Å². The summed E-state index contributed by atoms with van der Waals surface area (Å²) in [5, 5.41) is 2.79. The van der Waals surface area contributed by atoms with E-state index in [1.165, 1.54) is 6.07 Å². The van der Waals surface area contributed by atoms with Gasteiger partial charge in [-0.3, -0.25) is 4.79 Å². The molecule has 1 amide bonds. The van der Waals surface area contributed by atoms with E-state index in [1.807, 2.05) is 6.07 Å². The number of carbonyl (C=O) groups excluding carboxylic acids is 1. The summed E-state index contributed by atoms with van der Waals surface area (Å²) in [7, 11) is -3.54. The Morgan fingerprint density at radius 3 is 2.26 bits per heavy atom. The van der Waals surface area contributed by atoms with Gasteiger partial charge in [0.25, 0.3) is 5.91 Å². The smallest absolute Gasteiger partial charge is 0.255 e. The predicted octanol–water partition coefficient (Wildman–Crippen LogP) is 2.93. The third kappa shape index (κ3) is 4.40. The van der Waals surface area contributed by atoms with Gasteiger partial charge in [0.1, 0.15) is 0 Å². The fourth-order valence-electron chi connectivity index (χ4n) is 2.11. The van der Waals surface area contributed by atoms with Crippen molar-refractivity contribution in [3.8, 4) is 0 Å². The van der Waals surface area contributed by atoms with E-state index < -0.39 is 10.0 Å². The topological polar surface area (TPSA) is 75.3 Å². The molecule has 0 aromatic heterocycles. The molecule has 0 radical (unpaired) electrons. The van der Waals surface area contributed by atoms with E-state index >= 15 is 0 Å². The molecule has 2 aromatic carbocycles. The van der Waals surface area contributed by atoms with Crippen molar-refractivity contribution < 1.29 is 13.2 Å². The molecule has 2 N–H and O–H groups in total. The summed E-state index contributed by atoms with van der Waals surface area (Å²) in [6.07, 6.45) is 0. The maximum Gasteiger partial charge on any atom is 0.255 e. The van der Waals surface area contributed by atoms with Crippen molar-refractivity contribution in [1.82, 2.24) is 4.72 Å². The number of aryl methyl sites for hydroxylation is 1. The van der Waals surface area contributed by atoms with Crippen LogP contribution in [0, 0.1) is 6.92 Å². The minimum atomic E-state index is -3.54. The maximum absolute atomic E-state index is 12.2. The summed E-state index contributed by atoms with van der Waals surface area (Å²) in [5.74, 6) is -0.232. The van der Waals surface area contributed by atoms with Crippen LogP contribution in [0.15, 0.2) is 53.4 Å². The maximum atomic E-state index is 12.2. The van der Waals surface area contributed by atoms with E-state index in [0.29, 0.717) is 16.8 Å². The third-order valence-corrected chi connectivity index (χ3v) is 4.84. The molecule has 0 aliphatic heterocycles. The minimum absolute atomic E-state index is 0.182. The molecule has 0 heterocycles. The number of amides is 1. The third-order valence-electron chi connectivity index (χ3n) is 3.18. The number of anilines is 1. The average Bonchev–Trinajstić information content (AvgIpc) is 2.48. The zero-order valence-electron chi connectivity index (χ0n) is 13.3. The lowest BCUT2D eigenvalue weighted by atomic mass is 10.1. The van der Waals surface area contributed by atoms with Crippen LogP contribution in [0.25, 0.3) is 0 Å². The molecule has 0 aliphatic rings. The van der Waals surface area contributed by atoms with Crippen LogP contribution in [0.3, 0.4) is 0 Å². The van der Waals surface area contributed by atoms with Gasteiger partial charge in [-0.2, -0.15) is 0 Å². The van der Waals surface area contributed by atoms with Crippen LogP contribution in [-0.2, 0) is 10.0 Å². The Morgan fingerprint density at radius 1 is 1.04 bits per heavy atom. The standard InChI is InChI=1S/C17H20N2O3S/c1-12(2)19-23(21,22)15-9-10-16(13(3)11-15)18-17(20)14-7-5-4-6-8-14/h4-12,19H,1-3H3,(H,18,20). The molecular formula is C17H20N2O3S. The van der Waals surface area contributed by atoms with Gasteiger partial charge in [-0.25, -0.2) is 13.1 Å². The lowest BCUT2D eigenvalue weighted by Gasteiger charge is -2.13. The fraction of sp³-hybridized carbons (Fsp3) is 0.235. The van der Waals surface area contributed by atoms with E-state index in [1.54, 1.807) is 57.2 Å². The van der Waals surface area contributed by atoms with E-state index in [4.69, 9.17) is 0 Å². The molecule has 0 saturated heterocycles. The largest absolute Gasteiger partial charge is 0.322 e. The Balaban J connectivity index is 2.22. The SMILES string of the molecule is Cc1cc(S(=O)(=O)NC(C)C)ccc1NC(=O)c1ccccc1. The molecule has 0 saturated carbocycles. The number of benzene rings is 2. The lowest BCUT2D eigenvalue weighted by Crippen LogP contribution is -2.30. The molecule has 0 aliphatic carbocycles. The Bertz CT molecular complexity index is 800. The van der Waals surface area contributed by atoms with Crippen LogP contribution < -0.4 is 10.0 Å². The van der Waals surface area contributed by atoms with Crippen LogP contribution in [0.4, 0.5) is 5.69 Å². The zero-order valence-corrected chi connectivity index (χ0v) is 14.1. The molecule has 5 nitrogen and oxygen atoms in total. The summed E-state index contributed by atoms with van der Waals surface area (Å²) in [6.45, 7) is 5.28. The fourth-order valence-corrected chi connectivity index (χ4v) is 3.44. The lowest BCUT2D eigenvalue weighted by molar-refractivity contribution is 0.102. The normalized spacial score (nSPS) is 11.5. The highest BCUT2D eigenvalue weighted by atomic mass is 32.2. The Hall–Kier alpha value is -2.18. The molecule has 2 aromatic rings. The van der Waals surface area contributed by atoms with Gasteiger partial charge in [0, 0.05) is 17.3 Å². The van der Waals surface area contributed by atoms with Crippen molar-refractivity contribution in [2.24, 2.45) is 0 Å². The number of rotatable bonds is 5. The van der Waals surface area contributed by atoms with Crippen LogP contribution in [0.2, 0.25) is 0 Å². The van der Waals surface area contributed by atoms with Crippen LogP contribution in [-0.4, -0.2) is 20.4 Å². The van der Waals surface area contributed by atoms with Gasteiger partial charge in [-0.15, -0.1) is 0 Å². The van der Waals surface area contributed by atoms with Gasteiger partial charge in [-0.05, 0) is 56.7 Å². The van der Waals surface area contributed by atoms with Crippen molar-refractivity contribution in [3.05, 3.63) is 59.7 Å². The van der Waals surface area contributed by atoms with Gasteiger partial charge in [0.05, 0.1) is 4.90 Å². The zero-order chi connectivity index (χ0) is 17.0. The first-order valence-electron chi connectivity index (χ1n) is 7.29. The van der Waals surface area contributed by atoms with E-state index in [-0.39, 0.29) is 16.8 Å². The summed E-state index contributed by atoms with van der Waals surface area (Å²) in [5.41, 5.74) is 1.81. The van der Waals surface area contributed by atoms with Crippen LogP contribution in [0.5, 0.6) is 0 Å². The Labute approximate surface area is 136 Å². The van der Waals surface area contributed by atoms with Crippen LogP contribution >= 0.6 is 0 Å². The second-order valence-electron chi connectivity index (χ2n) is 5.57. The number of sulfonamides is 1. The summed E-state index contributed by atoms with van der Waals surface area (Å²) in [6, 6.07) is 13.3. The van der Waals surface area contributed by atoms with Gasteiger partial charge in [-0.1, -0.05) is 18.2 Å². The van der Waals surface area contributed by atoms with E-state index in [9.17, 15) is 13.2 Å². The van der Waals surface area contributed by atoms with Gasteiger partial charge in [0.15, 0.2) is 0 Å². The van der Waals surface area contributed by atoms with Crippen molar-refractivity contribution in [2.75, 3.05) is 5.32 Å². The van der Waals surface area contributed by atoms with Gasteiger partial charge >= 0.3 is 0 Å². The monoisotopic (exact) mass is 332 g/mol. The molecule has 0 unspecified atom stereocenters. The van der Waals surface area contributed by atoms with Crippen molar-refractivity contribution >= 4 is 21.6 Å². The summed E-state index contributed by atoms with van der Waals surface area (Å²) >= 11 is 0. The first-order chi connectivity index (χ1) is 10.8. The molecule has 0 bridgehead atoms. The quantitative estimate of drug-likeness (QED) is 0.884. The number of hydrogen-bond donors (Lipinski definition) is 2. The summed E-state index contributed by atoms with van der Waals surface area (Å²) < 4.78 is 26.8. The highest BCUT2D eigenvalue weighted by Crippen LogP contribution is 2.20. The molecule has 0 spiro atoms. The second kappa shape index (κ2) is 6.93. The van der Waals surface area contributed by atoms with Crippen molar-refractivity contribution in [3.63, 3.8) is 0 Å². The molecule has 23 heavy (non-hydrogen) atoms. The molecule has 6 heteroatoms. The second-order valence-corrected chi connectivity index (χ2v) is 7.29. The first kappa shape index (κ1) is 17.2. The highest BCUT2D eigenvalue weighted by molar-refractivity contribution is 7.89. The molecule has 2 rings (SSSR count). The highest BCUT2D eigenvalue weighted by Gasteiger charge is 2.16. The number of nitrogens with one attached hydrogen (secondary N) is 2. The average molecular weight is 332 g/mol. The van der Waals surface area contributed by atoms with Crippen molar-refractivity contribution in [2.45, 2.75) is 31.7 Å². The molecular weight excluding hydrogens is 312 g/mol.